The molecule has 0 saturated carbocycles. The molecule has 1 rings (SSSR count). The Morgan fingerprint density at radius 3 is 2.57 bits per heavy atom. The van der Waals surface area contributed by atoms with Crippen LogP contribution in [0.4, 0.5) is 10.1 Å². The van der Waals surface area contributed by atoms with Gasteiger partial charge in [-0.1, -0.05) is 0 Å². The Labute approximate surface area is 129 Å². The third kappa shape index (κ3) is 7.26. The Bertz CT molecular complexity index is 581. The van der Waals surface area contributed by atoms with Crippen molar-refractivity contribution in [3.05, 3.63) is 29.6 Å². The summed E-state index contributed by atoms with van der Waals surface area (Å²) in [6.07, 6.45) is 2.42. The number of unbranched alkanes of at least 4 members (excludes halogenated alkanes) is 1. The molecule has 0 aromatic heterocycles. The molecule has 0 saturated heterocycles. The van der Waals surface area contributed by atoms with Crippen molar-refractivity contribution in [2.75, 3.05) is 24.1 Å². The molecule has 0 bridgehead atoms. The van der Waals surface area contributed by atoms with Crippen LogP contribution in [-0.2, 0) is 10.0 Å². The van der Waals surface area contributed by atoms with Gasteiger partial charge < -0.3 is 11.1 Å². The highest BCUT2D eigenvalue weighted by atomic mass is 35.5. The van der Waals surface area contributed by atoms with Crippen LogP contribution in [0.25, 0.3) is 0 Å². The van der Waals surface area contributed by atoms with Crippen molar-refractivity contribution < 1.29 is 17.6 Å². The lowest BCUT2D eigenvalue weighted by Gasteiger charge is -2.11. The van der Waals surface area contributed by atoms with Gasteiger partial charge in [0.05, 0.1) is 17.5 Å². The highest BCUT2D eigenvalue weighted by molar-refractivity contribution is 7.92. The Kier molecular flexibility index (Phi) is 8.23. The van der Waals surface area contributed by atoms with Gasteiger partial charge in [0.2, 0.25) is 10.0 Å². The maximum absolute atomic E-state index is 13.2. The second kappa shape index (κ2) is 8.81. The van der Waals surface area contributed by atoms with E-state index in [1.54, 1.807) is 0 Å². The molecular formula is C12H19ClFN3O3S. The van der Waals surface area contributed by atoms with Crippen LogP contribution >= 0.6 is 12.4 Å². The van der Waals surface area contributed by atoms with Crippen molar-refractivity contribution in [2.24, 2.45) is 5.73 Å². The number of benzene rings is 1. The van der Waals surface area contributed by atoms with Crippen molar-refractivity contribution in [2.45, 2.75) is 12.8 Å². The number of hydrogen-bond acceptors (Lipinski definition) is 4. The summed E-state index contributed by atoms with van der Waals surface area (Å²) in [5.74, 6) is -1.15. The maximum Gasteiger partial charge on any atom is 0.253 e. The topological polar surface area (TPSA) is 101 Å². The van der Waals surface area contributed by atoms with E-state index in [0.717, 1.165) is 24.8 Å². The molecule has 1 amide bonds. The molecule has 6 nitrogen and oxygen atoms in total. The van der Waals surface area contributed by atoms with Crippen LogP contribution in [0, 0.1) is 5.82 Å². The van der Waals surface area contributed by atoms with Crippen LogP contribution in [0.1, 0.15) is 23.2 Å². The molecule has 120 valence electrons. The van der Waals surface area contributed by atoms with Gasteiger partial charge in [0.15, 0.2) is 0 Å². The Morgan fingerprint density at radius 2 is 2.00 bits per heavy atom. The van der Waals surface area contributed by atoms with Gasteiger partial charge in [-0.2, -0.15) is 0 Å². The summed E-state index contributed by atoms with van der Waals surface area (Å²) in [7, 11) is -3.54. The van der Waals surface area contributed by atoms with Crippen molar-refractivity contribution in [1.82, 2.24) is 5.32 Å². The first-order chi connectivity index (χ1) is 9.33. The van der Waals surface area contributed by atoms with E-state index < -0.39 is 21.7 Å². The van der Waals surface area contributed by atoms with Gasteiger partial charge in [0.1, 0.15) is 5.82 Å². The monoisotopic (exact) mass is 339 g/mol. The Hall–Kier alpha value is -1.38. The van der Waals surface area contributed by atoms with Crippen LogP contribution in [0.15, 0.2) is 18.2 Å². The molecule has 0 aliphatic carbocycles. The van der Waals surface area contributed by atoms with Crippen LogP contribution in [-0.4, -0.2) is 33.7 Å². The zero-order valence-corrected chi connectivity index (χ0v) is 13.2. The number of anilines is 1. The molecular weight excluding hydrogens is 321 g/mol. The van der Waals surface area contributed by atoms with Gasteiger partial charge in [0, 0.05) is 6.54 Å². The van der Waals surface area contributed by atoms with E-state index in [1.807, 2.05) is 0 Å². The smallest absolute Gasteiger partial charge is 0.253 e. The minimum Gasteiger partial charge on any atom is -0.352 e. The molecule has 4 N–H and O–H groups in total. The lowest BCUT2D eigenvalue weighted by atomic mass is 10.1. The highest BCUT2D eigenvalue weighted by Gasteiger charge is 2.14. The van der Waals surface area contributed by atoms with E-state index in [1.165, 1.54) is 6.07 Å². The average Bonchev–Trinajstić information content (AvgIpc) is 2.35. The molecule has 0 heterocycles. The van der Waals surface area contributed by atoms with E-state index in [9.17, 15) is 17.6 Å². The zero-order valence-electron chi connectivity index (χ0n) is 11.6. The molecule has 9 heteroatoms. The van der Waals surface area contributed by atoms with Crippen molar-refractivity contribution in [3.8, 4) is 0 Å². The maximum atomic E-state index is 13.2. The molecule has 0 aliphatic heterocycles. The number of halogens is 2. The van der Waals surface area contributed by atoms with Crippen molar-refractivity contribution in [1.29, 1.82) is 0 Å². The van der Waals surface area contributed by atoms with Gasteiger partial charge in [-0.3, -0.25) is 9.52 Å². The van der Waals surface area contributed by atoms with Gasteiger partial charge >= 0.3 is 0 Å². The molecule has 0 fully saturated rings. The quantitative estimate of drug-likeness (QED) is 0.647. The van der Waals surface area contributed by atoms with E-state index in [-0.39, 0.29) is 23.7 Å². The van der Waals surface area contributed by atoms with Crippen LogP contribution in [0.3, 0.4) is 0 Å². The number of rotatable bonds is 7. The van der Waals surface area contributed by atoms with Crippen LogP contribution in [0.5, 0.6) is 0 Å². The molecule has 0 aliphatic rings. The number of carbonyl (C=O) groups excluding carboxylic acids is 1. The van der Waals surface area contributed by atoms with Crippen molar-refractivity contribution in [3.63, 3.8) is 0 Å². The van der Waals surface area contributed by atoms with Crippen molar-refractivity contribution >= 4 is 34.0 Å². The van der Waals surface area contributed by atoms with E-state index in [2.05, 4.69) is 10.0 Å². The first-order valence-corrected chi connectivity index (χ1v) is 7.98. The molecule has 0 unspecified atom stereocenters. The molecule has 0 spiro atoms. The van der Waals surface area contributed by atoms with Gasteiger partial charge in [-0.15, -0.1) is 12.4 Å². The summed E-state index contributed by atoms with van der Waals surface area (Å²) in [5, 5.41) is 2.59. The summed E-state index contributed by atoms with van der Waals surface area (Å²) in [6.45, 7) is 0.918. The third-order valence-corrected chi connectivity index (χ3v) is 3.03. The summed E-state index contributed by atoms with van der Waals surface area (Å²) in [4.78, 5) is 11.9. The molecule has 1 aromatic carbocycles. The fourth-order valence-electron chi connectivity index (χ4n) is 1.56. The van der Waals surface area contributed by atoms with E-state index in [0.29, 0.717) is 19.5 Å². The first-order valence-electron chi connectivity index (χ1n) is 6.09. The number of hydrogen-bond donors (Lipinski definition) is 3. The normalized spacial score (nSPS) is 10.6. The molecule has 1 aromatic rings. The standard InChI is InChI=1S/C12H18FN3O3S.ClH/c1-20(18,19)16-11-5-4-9(13)8-10(11)12(17)15-7-3-2-6-14;/h4-5,8,16H,2-3,6-7,14H2,1H3,(H,15,17);1H. The second-order valence-corrected chi connectivity index (χ2v) is 6.06. The van der Waals surface area contributed by atoms with Gasteiger partial charge in [-0.25, -0.2) is 12.8 Å². The number of amides is 1. The Morgan fingerprint density at radius 1 is 1.33 bits per heavy atom. The summed E-state index contributed by atoms with van der Waals surface area (Å²) in [5.41, 5.74) is 5.32. The minimum atomic E-state index is -3.54. The van der Waals surface area contributed by atoms with Crippen LogP contribution in [0.2, 0.25) is 0 Å². The second-order valence-electron chi connectivity index (χ2n) is 4.32. The van der Waals surface area contributed by atoms with E-state index in [4.69, 9.17) is 5.73 Å². The zero-order chi connectivity index (χ0) is 15.2. The molecule has 21 heavy (non-hydrogen) atoms. The number of carbonyl (C=O) groups is 1. The average molecular weight is 340 g/mol. The molecule has 0 radical (unpaired) electrons. The van der Waals surface area contributed by atoms with Gasteiger partial charge in [0.25, 0.3) is 5.91 Å². The number of nitrogens with two attached hydrogens (primary N) is 1. The minimum absolute atomic E-state index is 0. The van der Waals surface area contributed by atoms with Gasteiger partial charge in [-0.05, 0) is 37.6 Å². The summed E-state index contributed by atoms with van der Waals surface area (Å²) >= 11 is 0. The predicted octanol–water partition coefficient (Wildman–Crippen LogP) is 1.09. The third-order valence-electron chi connectivity index (χ3n) is 2.44. The summed E-state index contributed by atoms with van der Waals surface area (Å²) in [6, 6.07) is 3.29. The highest BCUT2D eigenvalue weighted by Crippen LogP contribution is 2.18. The van der Waals surface area contributed by atoms with E-state index >= 15 is 0 Å². The van der Waals surface area contributed by atoms with Crippen LogP contribution < -0.4 is 15.8 Å². The first kappa shape index (κ1) is 19.6. The lowest BCUT2D eigenvalue weighted by Crippen LogP contribution is -2.26. The fraction of sp³-hybridized carbons (Fsp3) is 0.417. The largest absolute Gasteiger partial charge is 0.352 e. The number of sulfonamides is 1. The Balaban J connectivity index is 0.00000400. The predicted molar refractivity (Wildman–Crippen MR) is 82.7 cm³/mol. The molecule has 0 atom stereocenters. The SMILES string of the molecule is CS(=O)(=O)Nc1ccc(F)cc1C(=O)NCCCCN.Cl. The fourth-order valence-corrected chi connectivity index (χ4v) is 2.14. The lowest BCUT2D eigenvalue weighted by molar-refractivity contribution is 0.0953. The number of nitrogens with one attached hydrogen (secondary N) is 2. The summed E-state index contributed by atoms with van der Waals surface area (Å²) < 4.78 is 37.8.